The summed E-state index contributed by atoms with van der Waals surface area (Å²) < 4.78 is 1.68. The first kappa shape index (κ1) is 15.8. The zero-order valence-electron chi connectivity index (χ0n) is 14.4. The van der Waals surface area contributed by atoms with E-state index in [1.807, 2.05) is 24.2 Å². The molecule has 0 unspecified atom stereocenters. The van der Waals surface area contributed by atoms with Gasteiger partial charge in [-0.05, 0) is 42.9 Å². The van der Waals surface area contributed by atoms with Crippen LogP contribution in [0.2, 0.25) is 0 Å². The molecule has 3 aromatic rings. The molecule has 1 saturated heterocycles. The lowest BCUT2D eigenvalue weighted by molar-refractivity contribution is 0.0673. The van der Waals surface area contributed by atoms with Crippen molar-refractivity contribution in [2.24, 2.45) is 13.0 Å². The van der Waals surface area contributed by atoms with Crippen molar-refractivity contribution in [2.45, 2.75) is 19.3 Å². The number of pyridine rings is 1. The molecule has 1 amide bonds. The van der Waals surface area contributed by atoms with Crippen molar-refractivity contribution in [1.29, 1.82) is 0 Å². The number of hydrogen-bond acceptors (Lipinski definition) is 3. The predicted octanol–water partition coefficient (Wildman–Crippen LogP) is 3.06. The van der Waals surface area contributed by atoms with Crippen molar-refractivity contribution < 1.29 is 4.79 Å². The van der Waals surface area contributed by atoms with Crippen LogP contribution in [0.1, 0.15) is 28.8 Å². The monoisotopic (exact) mass is 334 g/mol. The van der Waals surface area contributed by atoms with Gasteiger partial charge in [0.05, 0.1) is 17.3 Å². The van der Waals surface area contributed by atoms with Gasteiger partial charge >= 0.3 is 0 Å². The zero-order valence-corrected chi connectivity index (χ0v) is 14.4. The molecule has 0 radical (unpaired) electrons. The molecule has 0 spiro atoms. The highest BCUT2D eigenvalue weighted by molar-refractivity contribution is 5.93. The normalized spacial score (nSPS) is 17.8. The predicted molar refractivity (Wildman–Crippen MR) is 97.3 cm³/mol. The van der Waals surface area contributed by atoms with Crippen molar-refractivity contribution >= 4 is 16.8 Å². The number of carbonyl (C=O) groups excluding carboxylic acids is 1. The van der Waals surface area contributed by atoms with E-state index in [9.17, 15) is 4.79 Å². The molecule has 2 aromatic heterocycles. The second kappa shape index (κ2) is 6.67. The Morgan fingerprint density at radius 1 is 1.28 bits per heavy atom. The van der Waals surface area contributed by atoms with Crippen LogP contribution in [0.3, 0.4) is 0 Å². The molecule has 1 atom stereocenters. The molecular formula is C20H22N4O. The minimum absolute atomic E-state index is 0.0948. The van der Waals surface area contributed by atoms with Crippen LogP contribution >= 0.6 is 0 Å². The minimum atomic E-state index is 0.0948. The number of piperidine rings is 1. The third kappa shape index (κ3) is 3.27. The summed E-state index contributed by atoms with van der Waals surface area (Å²) in [5.41, 5.74) is 3.04. The Hall–Kier alpha value is -2.69. The van der Waals surface area contributed by atoms with Crippen LogP contribution < -0.4 is 0 Å². The standard InChI is InChI=1S/C20H22N4O/c1-23-14-17(12-22-23)20(25)24-10-4-5-15(13-24)11-16-6-2-8-19-18(16)7-3-9-21-19/h2-3,6-9,12,14-15H,4-5,10-11,13H2,1H3/t15-/m1/s1. The Morgan fingerprint density at radius 2 is 2.20 bits per heavy atom. The summed E-state index contributed by atoms with van der Waals surface area (Å²) in [5, 5.41) is 5.34. The van der Waals surface area contributed by atoms with Gasteiger partial charge in [0.1, 0.15) is 0 Å². The molecule has 128 valence electrons. The molecule has 0 N–H and O–H groups in total. The van der Waals surface area contributed by atoms with Gasteiger partial charge in [-0.3, -0.25) is 14.5 Å². The third-order valence-corrected chi connectivity index (χ3v) is 5.00. The van der Waals surface area contributed by atoms with Crippen LogP contribution in [0.25, 0.3) is 10.9 Å². The van der Waals surface area contributed by atoms with E-state index in [4.69, 9.17) is 0 Å². The fourth-order valence-electron chi connectivity index (χ4n) is 3.79. The topological polar surface area (TPSA) is 51.0 Å². The first-order valence-corrected chi connectivity index (χ1v) is 8.81. The maximum Gasteiger partial charge on any atom is 0.257 e. The molecule has 0 saturated carbocycles. The number of aromatic nitrogens is 3. The molecule has 1 aliphatic heterocycles. The van der Waals surface area contributed by atoms with Crippen LogP contribution in [-0.2, 0) is 13.5 Å². The van der Waals surface area contributed by atoms with Gasteiger partial charge in [0.25, 0.3) is 5.91 Å². The molecule has 3 heterocycles. The molecule has 0 aliphatic carbocycles. The van der Waals surface area contributed by atoms with Crippen molar-refractivity contribution in [3.63, 3.8) is 0 Å². The molecule has 0 bridgehead atoms. The number of nitrogens with zero attached hydrogens (tertiary/aromatic N) is 4. The third-order valence-electron chi connectivity index (χ3n) is 5.00. The number of carbonyl (C=O) groups is 1. The number of rotatable bonds is 3. The fourth-order valence-corrected chi connectivity index (χ4v) is 3.79. The number of likely N-dealkylation sites (tertiary alicyclic amines) is 1. The summed E-state index contributed by atoms with van der Waals surface area (Å²) in [7, 11) is 1.84. The maximum atomic E-state index is 12.7. The number of hydrogen-bond donors (Lipinski definition) is 0. The van der Waals surface area contributed by atoms with E-state index in [1.165, 1.54) is 10.9 Å². The maximum absolute atomic E-state index is 12.7. The molecule has 5 heteroatoms. The Bertz CT molecular complexity index is 896. The lowest BCUT2D eigenvalue weighted by Gasteiger charge is -2.32. The number of amides is 1. The quantitative estimate of drug-likeness (QED) is 0.740. The lowest BCUT2D eigenvalue weighted by Crippen LogP contribution is -2.40. The second-order valence-corrected chi connectivity index (χ2v) is 6.85. The van der Waals surface area contributed by atoms with E-state index in [-0.39, 0.29) is 5.91 Å². The van der Waals surface area contributed by atoms with Gasteiger partial charge in [0.2, 0.25) is 0 Å². The van der Waals surface area contributed by atoms with Gasteiger partial charge in [-0.2, -0.15) is 5.10 Å². The van der Waals surface area contributed by atoms with Crippen molar-refractivity contribution in [3.05, 3.63) is 60.0 Å². The average molecular weight is 334 g/mol. The van der Waals surface area contributed by atoms with E-state index in [0.29, 0.717) is 11.5 Å². The SMILES string of the molecule is Cn1cc(C(=O)N2CCC[C@H](Cc3cccc4ncccc34)C2)cn1. The summed E-state index contributed by atoms with van der Waals surface area (Å²) in [6.45, 7) is 1.64. The number of benzene rings is 1. The van der Waals surface area contributed by atoms with Crippen LogP contribution in [0.15, 0.2) is 48.9 Å². The van der Waals surface area contributed by atoms with E-state index < -0.39 is 0 Å². The van der Waals surface area contributed by atoms with Gasteiger partial charge in [-0.25, -0.2) is 0 Å². The van der Waals surface area contributed by atoms with Crippen molar-refractivity contribution in [2.75, 3.05) is 13.1 Å². The van der Waals surface area contributed by atoms with Crippen LogP contribution in [0.5, 0.6) is 0 Å². The first-order chi connectivity index (χ1) is 12.2. The highest BCUT2D eigenvalue weighted by Gasteiger charge is 2.25. The van der Waals surface area contributed by atoms with Gasteiger partial charge in [-0.1, -0.05) is 18.2 Å². The average Bonchev–Trinajstić information content (AvgIpc) is 3.08. The zero-order chi connectivity index (χ0) is 17.2. The van der Waals surface area contributed by atoms with E-state index in [2.05, 4.69) is 34.3 Å². The number of fused-ring (bicyclic) bond motifs is 1. The van der Waals surface area contributed by atoms with Crippen LogP contribution in [-0.4, -0.2) is 38.7 Å². The molecule has 1 aliphatic rings. The molecular weight excluding hydrogens is 312 g/mol. The second-order valence-electron chi connectivity index (χ2n) is 6.85. The number of aryl methyl sites for hydroxylation is 1. The highest BCUT2D eigenvalue weighted by Crippen LogP contribution is 2.25. The summed E-state index contributed by atoms with van der Waals surface area (Å²) in [5.74, 6) is 0.581. The summed E-state index contributed by atoms with van der Waals surface area (Å²) >= 11 is 0. The van der Waals surface area contributed by atoms with E-state index >= 15 is 0 Å². The minimum Gasteiger partial charge on any atom is -0.338 e. The van der Waals surface area contributed by atoms with E-state index in [0.717, 1.165) is 37.9 Å². The summed E-state index contributed by atoms with van der Waals surface area (Å²) in [4.78, 5) is 19.1. The first-order valence-electron chi connectivity index (χ1n) is 8.81. The van der Waals surface area contributed by atoms with Gasteiger partial charge in [0, 0.05) is 37.9 Å². The Morgan fingerprint density at radius 3 is 3.04 bits per heavy atom. The smallest absolute Gasteiger partial charge is 0.257 e. The Labute approximate surface area is 147 Å². The van der Waals surface area contributed by atoms with Crippen molar-refractivity contribution in [3.8, 4) is 0 Å². The fraction of sp³-hybridized carbons (Fsp3) is 0.350. The van der Waals surface area contributed by atoms with Gasteiger partial charge < -0.3 is 4.90 Å². The summed E-state index contributed by atoms with van der Waals surface area (Å²) in [6, 6.07) is 10.4. The lowest BCUT2D eigenvalue weighted by atomic mass is 9.89. The highest BCUT2D eigenvalue weighted by atomic mass is 16.2. The molecule has 1 fully saturated rings. The van der Waals surface area contributed by atoms with Crippen LogP contribution in [0, 0.1) is 5.92 Å². The van der Waals surface area contributed by atoms with Crippen molar-refractivity contribution in [1.82, 2.24) is 19.7 Å². The summed E-state index contributed by atoms with van der Waals surface area (Å²) in [6.07, 6.45) is 8.48. The largest absolute Gasteiger partial charge is 0.338 e. The van der Waals surface area contributed by atoms with Gasteiger partial charge in [-0.15, -0.1) is 0 Å². The molecule has 4 rings (SSSR count). The Balaban J connectivity index is 1.50. The Kier molecular flexibility index (Phi) is 4.22. The van der Waals surface area contributed by atoms with Gasteiger partial charge in [0.15, 0.2) is 0 Å². The molecule has 5 nitrogen and oxygen atoms in total. The van der Waals surface area contributed by atoms with Crippen LogP contribution in [0.4, 0.5) is 0 Å². The van der Waals surface area contributed by atoms with E-state index in [1.54, 1.807) is 17.1 Å². The molecule has 1 aromatic carbocycles. The molecule has 25 heavy (non-hydrogen) atoms.